The van der Waals surface area contributed by atoms with Crippen LogP contribution in [0.1, 0.15) is 32.1 Å². The Labute approximate surface area is 123 Å². The van der Waals surface area contributed by atoms with E-state index < -0.39 is 11.2 Å². The van der Waals surface area contributed by atoms with Gasteiger partial charge in [-0.15, -0.1) is 0 Å². The van der Waals surface area contributed by atoms with E-state index in [0.29, 0.717) is 12.8 Å². The summed E-state index contributed by atoms with van der Waals surface area (Å²) in [5.74, 6) is -0.939. The number of hydrogen-bond acceptors (Lipinski definition) is 2. The van der Waals surface area contributed by atoms with Gasteiger partial charge in [0.15, 0.2) is 0 Å². The van der Waals surface area contributed by atoms with Crippen LogP contribution < -0.4 is 5.32 Å². The van der Waals surface area contributed by atoms with E-state index in [1.807, 2.05) is 0 Å². The fraction of sp³-hybridized carbons (Fsp3) is 0.500. The molecule has 0 aromatic heterocycles. The molecule has 1 heterocycles. The van der Waals surface area contributed by atoms with Gasteiger partial charge in [0.1, 0.15) is 11.2 Å². The first-order valence-electron chi connectivity index (χ1n) is 7.49. The third-order valence-corrected chi connectivity index (χ3v) is 4.36. The maximum atomic E-state index is 13.6. The summed E-state index contributed by atoms with van der Waals surface area (Å²) in [4.78, 5) is 26.8. The Morgan fingerprint density at radius 2 is 1.76 bits per heavy atom. The van der Waals surface area contributed by atoms with Crippen LogP contribution in [0.3, 0.4) is 0 Å². The van der Waals surface area contributed by atoms with Crippen molar-refractivity contribution < 1.29 is 14.0 Å². The summed E-state index contributed by atoms with van der Waals surface area (Å²) in [6.07, 6.45) is 4.25. The van der Waals surface area contributed by atoms with E-state index >= 15 is 0 Å². The predicted molar refractivity (Wildman–Crippen MR) is 77.1 cm³/mol. The number of halogens is 1. The molecule has 1 saturated carbocycles. The molecular formula is C16H19FN2O2. The summed E-state index contributed by atoms with van der Waals surface area (Å²) in [7, 11) is 0. The maximum Gasteiger partial charge on any atom is 0.240 e. The van der Waals surface area contributed by atoms with Crippen molar-refractivity contribution in [3.8, 4) is 0 Å². The van der Waals surface area contributed by atoms with Crippen molar-refractivity contribution in [2.45, 2.75) is 32.1 Å². The second kappa shape index (κ2) is 5.47. The smallest absolute Gasteiger partial charge is 0.240 e. The molecule has 2 amide bonds. The number of rotatable bonds is 3. The number of benzene rings is 1. The van der Waals surface area contributed by atoms with Gasteiger partial charge in [0.2, 0.25) is 11.8 Å². The van der Waals surface area contributed by atoms with Crippen molar-refractivity contribution >= 4 is 17.5 Å². The molecule has 2 aliphatic rings. The Hall–Kier alpha value is -1.91. The number of nitrogens with one attached hydrogen (secondary N) is 1. The van der Waals surface area contributed by atoms with E-state index in [9.17, 15) is 14.0 Å². The number of nitrogens with zero attached hydrogens (tertiary/aromatic N) is 1. The minimum Gasteiger partial charge on any atom is -0.342 e. The van der Waals surface area contributed by atoms with Gasteiger partial charge in [-0.2, -0.15) is 0 Å². The second-order valence-corrected chi connectivity index (χ2v) is 5.87. The number of likely N-dealkylation sites (tertiary alicyclic amines) is 1. The second-order valence-electron chi connectivity index (χ2n) is 5.87. The molecule has 0 bridgehead atoms. The topological polar surface area (TPSA) is 49.4 Å². The number of carbonyl (C=O) groups excluding carboxylic acids is 2. The molecule has 1 aliphatic carbocycles. The van der Waals surface area contributed by atoms with Crippen molar-refractivity contribution in [1.29, 1.82) is 0 Å². The largest absolute Gasteiger partial charge is 0.342 e. The molecule has 2 fully saturated rings. The lowest BCUT2D eigenvalue weighted by molar-refractivity contribution is -0.143. The molecule has 0 unspecified atom stereocenters. The van der Waals surface area contributed by atoms with E-state index in [1.54, 1.807) is 17.0 Å². The van der Waals surface area contributed by atoms with E-state index in [-0.39, 0.29) is 17.5 Å². The number of anilines is 1. The van der Waals surface area contributed by atoms with Gasteiger partial charge in [0.25, 0.3) is 0 Å². The van der Waals surface area contributed by atoms with E-state index in [1.165, 1.54) is 12.1 Å². The van der Waals surface area contributed by atoms with Crippen LogP contribution in [0, 0.1) is 11.2 Å². The van der Waals surface area contributed by atoms with E-state index in [4.69, 9.17) is 0 Å². The average Bonchev–Trinajstić information content (AvgIpc) is 3.31. The Bertz CT molecular complexity index is 563. The zero-order valence-electron chi connectivity index (χ0n) is 11.9. The van der Waals surface area contributed by atoms with Gasteiger partial charge in [-0.1, -0.05) is 12.1 Å². The Kier molecular flexibility index (Phi) is 3.66. The number of amides is 2. The lowest BCUT2D eigenvalue weighted by atomic mass is 10.0. The van der Waals surface area contributed by atoms with Crippen LogP contribution in [0.5, 0.6) is 0 Å². The third kappa shape index (κ3) is 2.64. The molecule has 0 spiro atoms. The van der Waals surface area contributed by atoms with Crippen LogP contribution in [-0.4, -0.2) is 29.8 Å². The summed E-state index contributed by atoms with van der Waals surface area (Å²) >= 11 is 0. The molecule has 1 aromatic carbocycles. The first-order valence-corrected chi connectivity index (χ1v) is 7.49. The van der Waals surface area contributed by atoms with Gasteiger partial charge >= 0.3 is 0 Å². The highest BCUT2D eigenvalue weighted by molar-refractivity contribution is 6.13. The van der Waals surface area contributed by atoms with Crippen LogP contribution in [0.15, 0.2) is 24.3 Å². The molecule has 1 N–H and O–H groups in total. The highest BCUT2D eigenvalue weighted by Gasteiger charge is 2.58. The number of para-hydroxylation sites is 1. The molecule has 1 saturated heterocycles. The number of hydrogen-bond donors (Lipinski definition) is 1. The molecule has 4 nitrogen and oxygen atoms in total. The first kappa shape index (κ1) is 14.0. The Balaban J connectivity index is 1.71. The average molecular weight is 290 g/mol. The minimum atomic E-state index is -0.959. The molecule has 1 aromatic rings. The minimum absolute atomic E-state index is 0.0870. The van der Waals surface area contributed by atoms with Gasteiger partial charge in [-0.05, 0) is 44.2 Å². The van der Waals surface area contributed by atoms with Gasteiger partial charge in [-0.3, -0.25) is 9.59 Å². The van der Waals surface area contributed by atoms with E-state index in [0.717, 1.165) is 32.4 Å². The number of piperidine rings is 1. The highest BCUT2D eigenvalue weighted by atomic mass is 19.1. The summed E-state index contributed by atoms with van der Waals surface area (Å²) in [5.41, 5.74) is -0.820. The van der Waals surface area contributed by atoms with E-state index in [2.05, 4.69) is 5.32 Å². The first-order chi connectivity index (χ1) is 10.1. The molecular weight excluding hydrogens is 271 g/mol. The summed E-state index contributed by atoms with van der Waals surface area (Å²) < 4.78 is 13.6. The van der Waals surface area contributed by atoms with Crippen LogP contribution in [0.2, 0.25) is 0 Å². The fourth-order valence-corrected chi connectivity index (χ4v) is 2.87. The van der Waals surface area contributed by atoms with Crippen molar-refractivity contribution in [1.82, 2.24) is 4.90 Å². The summed E-state index contributed by atoms with van der Waals surface area (Å²) in [6, 6.07) is 6.03. The fourth-order valence-electron chi connectivity index (χ4n) is 2.87. The summed E-state index contributed by atoms with van der Waals surface area (Å²) in [5, 5.41) is 2.57. The van der Waals surface area contributed by atoms with Gasteiger partial charge in [0, 0.05) is 13.1 Å². The zero-order chi connectivity index (χ0) is 14.9. The molecule has 5 heteroatoms. The molecule has 1 aliphatic heterocycles. The zero-order valence-corrected chi connectivity index (χ0v) is 11.9. The Morgan fingerprint density at radius 1 is 1.10 bits per heavy atom. The van der Waals surface area contributed by atoms with Gasteiger partial charge < -0.3 is 10.2 Å². The van der Waals surface area contributed by atoms with Crippen molar-refractivity contribution in [3.63, 3.8) is 0 Å². The normalized spacial score (nSPS) is 20.0. The van der Waals surface area contributed by atoms with Crippen molar-refractivity contribution in [3.05, 3.63) is 30.1 Å². The highest BCUT2D eigenvalue weighted by Crippen LogP contribution is 2.48. The van der Waals surface area contributed by atoms with Gasteiger partial charge in [-0.25, -0.2) is 4.39 Å². The maximum absolute atomic E-state index is 13.6. The van der Waals surface area contributed by atoms with Crippen LogP contribution in [0.4, 0.5) is 10.1 Å². The van der Waals surface area contributed by atoms with Crippen molar-refractivity contribution in [2.24, 2.45) is 5.41 Å². The molecule has 0 radical (unpaired) electrons. The lowest BCUT2D eigenvalue weighted by Gasteiger charge is -2.30. The molecule has 21 heavy (non-hydrogen) atoms. The van der Waals surface area contributed by atoms with Crippen LogP contribution in [-0.2, 0) is 9.59 Å². The molecule has 3 rings (SSSR count). The van der Waals surface area contributed by atoms with Crippen molar-refractivity contribution in [2.75, 3.05) is 18.4 Å². The Morgan fingerprint density at radius 3 is 2.38 bits per heavy atom. The lowest BCUT2D eigenvalue weighted by Crippen LogP contribution is -2.45. The standard InChI is InChI=1S/C16H19FN2O2/c17-12-6-2-3-7-13(12)18-14(20)16(8-9-16)15(21)19-10-4-1-5-11-19/h2-3,6-7H,1,4-5,8-11H2,(H,18,20). The van der Waals surface area contributed by atoms with Gasteiger partial charge in [0.05, 0.1) is 5.69 Å². The SMILES string of the molecule is O=C(Nc1ccccc1F)C1(C(=O)N2CCCCC2)CC1. The third-order valence-electron chi connectivity index (χ3n) is 4.36. The number of carbonyl (C=O) groups is 2. The predicted octanol–water partition coefficient (Wildman–Crippen LogP) is 2.56. The quantitative estimate of drug-likeness (QED) is 0.870. The molecule has 0 atom stereocenters. The summed E-state index contributed by atoms with van der Waals surface area (Å²) in [6.45, 7) is 1.46. The van der Waals surface area contributed by atoms with Crippen LogP contribution in [0.25, 0.3) is 0 Å². The molecule has 112 valence electrons. The van der Waals surface area contributed by atoms with Crippen LogP contribution >= 0.6 is 0 Å². The monoisotopic (exact) mass is 290 g/mol.